The van der Waals surface area contributed by atoms with Crippen LogP contribution >= 0.6 is 0 Å². The number of hydrogen-bond donors (Lipinski definition) is 1. The van der Waals surface area contributed by atoms with E-state index in [1.807, 2.05) is 30.1 Å². The minimum Gasteiger partial charge on any atom is -0.289 e. The van der Waals surface area contributed by atoms with Crippen molar-refractivity contribution in [2.45, 2.75) is 0 Å². The van der Waals surface area contributed by atoms with Crippen LogP contribution in [0.3, 0.4) is 0 Å². The molecule has 1 N–H and O–H groups in total. The molecular weight excluding hydrogens is 238 g/mol. The molecule has 90 valence electrons. The van der Waals surface area contributed by atoms with Crippen LogP contribution in [0.4, 0.5) is 0 Å². The molecule has 2 rings (SSSR count). The minimum absolute atomic E-state index is 0.0683. The SMILES string of the molecule is N#CC(=C=N)[n+]1ccc(C(=O)c2ccccc2)cc1. The van der Waals surface area contributed by atoms with Gasteiger partial charge in [-0.2, -0.15) is 5.26 Å². The van der Waals surface area contributed by atoms with Gasteiger partial charge in [0, 0.05) is 23.3 Å². The summed E-state index contributed by atoms with van der Waals surface area (Å²) in [6.45, 7) is 0. The zero-order valence-corrected chi connectivity index (χ0v) is 10.00. The van der Waals surface area contributed by atoms with Crippen LogP contribution in [0, 0.1) is 16.7 Å². The monoisotopic (exact) mass is 248 g/mol. The van der Waals surface area contributed by atoms with Gasteiger partial charge in [-0.1, -0.05) is 30.3 Å². The maximum absolute atomic E-state index is 12.1. The Bertz CT molecular complexity index is 690. The van der Waals surface area contributed by atoms with Crippen molar-refractivity contribution in [1.82, 2.24) is 0 Å². The Labute approximate surface area is 110 Å². The minimum atomic E-state index is -0.0786. The molecule has 4 nitrogen and oxygen atoms in total. The molecule has 2 aromatic rings. The van der Waals surface area contributed by atoms with E-state index in [1.165, 1.54) is 4.57 Å². The molecule has 4 heteroatoms. The number of carbonyl (C=O) groups is 1. The van der Waals surface area contributed by atoms with Crippen molar-refractivity contribution in [1.29, 1.82) is 10.7 Å². The number of allylic oxidation sites excluding steroid dienone is 1. The van der Waals surface area contributed by atoms with Gasteiger partial charge in [0.15, 0.2) is 24.2 Å². The highest BCUT2D eigenvalue weighted by Gasteiger charge is 2.13. The predicted octanol–water partition coefficient (Wildman–Crippen LogP) is 1.82. The van der Waals surface area contributed by atoms with Crippen molar-refractivity contribution in [2.75, 3.05) is 0 Å². The Morgan fingerprint density at radius 2 is 1.63 bits per heavy atom. The van der Waals surface area contributed by atoms with Crippen molar-refractivity contribution in [3.63, 3.8) is 0 Å². The summed E-state index contributed by atoms with van der Waals surface area (Å²) >= 11 is 0. The van der Waals surface area contributed by atoms with Crippen LogP contribution in [0.5, 0.6) is 0 Å². The fourth-order valence-corrected chi connectivity index (χ4v) is 1.63. The van der Waals surface area contributed by atoms with E-state index >= 15 is 0 Å². The second-order valence-electron chi connectivity index (χ2n) is 3.77. The summed E-state index contributed by atoms with van der Waals surface area (Å²) in [5, 5.41) is 15.8. The van der Waals surface area contributed by atoms with Gasteiger partial charge in [0.2, 0.25) is 0 Å². The first-order valence-corrected chi connectivity index (χ1v) is 5.57. The smallest absolute Gasteiger partial charge is 0.289 e. The normalized spacial score (nSPS) is 9.21. The lowest BCUT2D eigenvalue weighted by Crippen LogP contribution is -2.31. The molecule has 0 aliphatic rings. The molecule has 1 heterocycles. The van der Waals surface area contributed by atoms with Gasteiger partial charge in [-0.25, -0.2) is 0 Å². The van der Waals surface area contributed by atoms with Crippen molar-refractivity contribution < 1.29 is 9.36 Å². The molecule has 0 bridgehead atoms. The van der Waals surface area contributed by atoms with Crippen LogP contribution in [-0.4, -0.2) is 11.7 Å². The number of nitrogens with one attached hydrogen (secondary N) is 1. The Balaban J connectivity index is 2.32. The number of benzene rings is 1. The van der Waals surface area contributed by atoms with E-state index in [9.17, 15) is 4.79 Å². The average Bonchev–Trinajstić information content (AvgIpc) is 2.49. The van der Waals surface area contributed by atoms with E-state index in [-0.39, 0.29) is 11.5 Å². The molecule has 0 saturated heterocycles. The van der Waals surface area contributed by atoms with E-state index in [0.29, 0.717) is 11.1 Å². The summed E-state index contributed by atoms with van der Waals surface area (Å²) in [7, 11) is 0. The number of rotatable bonds is 3. The standard InChI is InChI=1S/C15H10N3O/c16-10-14(11-17)18-8-6-13(7-9-18)15(19)12-4-2-1-3-5-12/h1-9,16H/q+1. The molecular formula is C15H10N3O+. The third kappa shape index (κ3) is 2.63. The van der Waals surface area contributed by atoms with Crippen molar-refractivity contribution in [2.24, 2.45) is 0 Å². The number of nitriles is 1. The van der Waals surface area contributed by atoms with Crippen LogP contribution in [-0.2, 0) is 0 Å². The van der Waals surface area contributed by atoms with Crippen LogP contribution in [0.15, 0.2) is 54.9 Å². The Morgan fingerprint density at radius 1 is 1.05 bits per heavy atom. The zero-order valence-electron chi connectivity index (χ0n) is 10.00. The maximum Gasteiger partial charge on any atom is 0.351 e. The molecule has 0 aliphatic carbocycles. The Morgan fingerprint density at radius 3 is 2.16 bits per heavy atom. The lowest BCUT2D eigenvalue weighted by molar-refractivity contribution is -0.576. The zero-order chi connectivity index (χ0) is 13.7. The fourth-order valence-electron chi connectivity index (χ4n) is 1.63. The lowest BCUT2D eigenvalue weighted by Gasteiger charge is -1.99. The van der Waals surface area contributed by atoms with Gasteiger partial charge in [-0.15, -0.1) is 4.57 Å². The van der Waals surface area contributed by atoms with Gasteiger partial charge in [0.25, 0.3) is 0 Å². The molecule has 0 atom stereocenters. The Kier molecular flexibility index (Phi) is 3.63. The number of hydrogen-bond acceptors (Lipinski definition) is 3. The maximum atomic E-state index is 12.1. The summed E-state index contributed by atoms with van der Waals surface area (Å²) in [6, 6.07) is 14.0. The molecule has 0 saturated carbocycles. The number of nitrogens with zero attached hydrogens (tertiary/aromatic N) is 2. The van der Waals surface area contributed by atoms with Crippen molar-refractivity contribution in [3.05, 3.63) is 66.0 Å². The molecule has 0 aliphatic heterocycles. The second-order valence-corrected chi connectivity index (χ2v) is 3.77. The van der Waals surface area contributed by atoms with E-state index in [2.05, 4.69) is 0 Å². The number of pyridine rings is 1. The lowest BCUT2D eigenvalue weighted by atomic mass is 10.0. The molecule has 0 unspecified atom stereocenters. The summed E-state index contributed by atoms with van der Waals surface area (Å²) in [5.41, 5.74) is 1.21. The van der Waals surface area contributed by atoms with Gasteiger partial charge >= 0.3 is 5.70 Å². The number of carbonyl (C=O) groups excluding carboxylic acids is 1. The van der Waals surface area contributed by atoms with Crippen LogP contribution < -0.4 is 4.57 Å². The van der Waals surface area contributed by atoms with Gasteiger partial charge in [0.05, 0.1) is 5.87 Å². The van der Waals surface area contributed by atoms with Crippen molar-refractivity contribution >= 4 is 17.4 Å². The number of aromatic nitrogens is 1. The highest BCUT2D eigenvalue weighted by Crippen LogP contribution is 2.07. The first kappa shape index (κ1) is 12.4. The molecule has 0 amide bonds. The van der Waals surface area contributed by atoms with Gasteiger partial charge in [0.1, 0.15) is 0 Å². The number of ketones is 1. The van der Waals surface area contributed by atoms with Crippen LogP contribution in [0.25, 0.3) is 5.70 Å². The molecule has 0 spiro atoms. The quantitative estimate of drug-likeness (QED) is 0.389. The summed E-state index contributed by atoms with van der Waals surface area (Å²) < 4.78 is 1.44. The molecule has 19 heavy (non-hydrogen) atoms. The van der Waals surface area contributed by atoms with Crippen molar-refractivity contribution in [3.8, 4) is 6.07 Å². The summed E-state index contributed by atoms with van der Waals surface area (Å²) in [5.74, 6) is 1.95. The van der Waals surface area contributed by atoms with E-state index in [1.54, 1.807) is 36.7 Å². The van der Waals surface area contributed by atoms with E-state index in [0.717, 1.165) is 0 Å². The second kappa shape index (κ2) is 5.54. The van der Waals surface area contributed by atoms with Gasteiger partial charge < -0.3 is 0 Å². The molecule has 0 fully saturated rings. The summed E-state index contributed by atoms with van der Waals surface area (Å²) in [6.07, 6.45) is 3.13. The largest absolute Gasteiger partial charge is 0.351 e. The first-order chi connectivity index (χ1) is 9.26. The first-order valence-electron chi connectivity index (χ1n) is 5.57. The van der Waals surface area contributed by atoms with E-state index < -0.39 is 0 Å². The third-order valence-corrected chi connectivity index (χ3v) is 2.61. The highest BCUT2D eigenvalue weighted by molar-refractivity contribution is 6.08. The molecule has 1 aromatic heterocycles. The van der Waals surface area contributed by atoms with Crippen LogP contribution in [0.2, 0.25) is 0 Å². The Hall–Kier alpha value is -3.02. The summed E-state index contributed by atoms with van der Waals surface area (Å²) in [4.78, 5) is 12.1. The van der Waals surface area contributed by atoms with E-state index in [4.69, 9.17) is 10.7 Å². The highest BCUT2D eigenvalue weighted by atomic mass is 16.1. The molecule has 0 radical (unpaired) electrons. The predicted molar refractivity (Wildman–Crippen MR) is 69.6 cm³/mol. The van der Waals surface area contributed by atoms with Gasteiger partial charge in [-0.05, 0) is 0 Å². The van der Waals surface area contributed by atoms with Gasteiger partial charge in [-0.3, -0.25) is 10.2 Å². The molecule has 1 aromatic carbocycles. The third-order valence-electron chi connectivity index (χ3n) is 2.61. The van der Waals surface area contributed by atoms with Crippen LogP contribution in [0.1, 0.15) is 15.9 Å². The fraction of sp³-hybridized carbons (Fsp3) is 0. The topological polar surface area (TPSA) is 68.6 Å². The average molecular weight is 248 g/mol.